The number of hydrogen-bond acceptors (Lipinski definition) is 3. The maximum absolute atomic E-state index is 4.67. The molecular weight excluding hydrogens is 294 g/mol. The largest absolute Gasteiger partial charge is 0.357 e. The molecule has 0 aliphatic carbocycles. The molecule has 5 nitrogen and oxygen atoms in total. The van der Waals surface area contributed by atoms with Gasteiger partial charge in [0.1, 0.15) is 0 Å². The van der Waals surface area contributed by atoms with Crippen LogP contribution >= 0.6 is 11.8 Å². The van der Waals surface area contributed by atoms with Crippen molar-refractivity contribution in [1.29, 1.82) is 0 Å². The van der Waals surface area contributed by atoms with Crippen LogP contribution in [0.5, 0.6) is 0 Å². The van der Waals surface area contributed by atoms with E-state index in [0.717, 1.165) is 31.2 Å². The number of thioether (sulfide) groups is 1. The Kier molecular flexibility index (Phi) is 7.79. The van der Waals surface area contributed by atoms with Gasteiger partial charge in [-0.2, -0.15) is 16.9 Å². The van der Waals surface area contributed by atoms with E-state index in [1.165, 1.54) is 11.3 Å². The molecule has 126 valence electrons. The molecular formula is C16H31N5S. The molecule has 2 unspecified atom stereocenters. The Balaban J connectivity index is 2.68. The number of aliphatic imine (C=N–C) groups is 1. The summed E-state index contributed by atoms with van der Waals surface area (Å²) < 4.78 is 1.96. The summed E-state index contributed by atoms with van der Waals surface area (Å²) in [6.45, 7) is 12.4. The van der Waals surface area contributed by atoms with Crippen molar-refractivity contribution < 1.29 is 0 Å². The first kappa shape index (κ1) is 18.9. The van der Waals surface area contributed by atoms with Crippen molar-refractivity contribution in [3.63, 3.8) is 0 Å². The Morgan fingerprint density at radius 1 is 1.36 bits per heavy atom. The van der Waals surface area contributed by atoms with Gasteiger partial charge in [0.05, 0.1) is 12.2 Å². The number of rotatable bonds is 7. The summed E-state index contributed by atoms with van der Waals surface area (Å²) in [6.07, 6.45) is 3.07. The maximum atomic E-state index is 4.67. The second-order valence-electron chi connectivity index (χ2n) is 5.79. The van der Waals surface area contributed by atoms with Crippen molar-refractivity contribution in [3.8, 4) is 0 Å². The summed E-state index contributed by atoms with van der Waals surface area (Å²) in [6, 6.07) is 0.309. The summed E-state index contributed by atoms with van der Waals surface area (Å²) in [5, 5.41) is 11.8. The van der Waals surface area contributed by atoms with Crippen LogP contribution in [0.25, 0.3) is 0 Å². The van der Waals surface area contributed by atoms with Crippen LogP contribution in [0.4, 0.5) is 0 Å². The van der Waals surface area contributed by atoms with Gasteiger partial charge >= 0.3 is 0 Å². The molecule has 0 fully saturated rings. The third-order valence-corrected chi connectivity index (χ3v) is 4.76. The molecule has 1 aromatic heterocycles. The van der Waals surface area contributed by atoms with E-state index >= 15 is 0 Å². The van der Waals surface area contributed by atoms with Crippen LogP contribution in [-0.2, 0) is 13.5 Å². The number of guanidine groups is 1. The van der Waals surface area contributed by atoms with E-state index < -0.39 is 0 Å². The van der Waals surface area contributed by atoms with Crippen molar-refractivity contribution in [2.75, 3.05) is 19.3 Å². The van der Waals surface area contributed by atoms with Gasteiger partial charge in [-0.25, -0.2) is 0 Å². The molecule has 0 aliphatic heterocycles. The average Bonchev–Trinajstić information content (AvgIpc) is 2.71. The lowest BCUT2D eigenvalue weighted by Crippen LogP contribution is -2.43. The van der Waals surface area contributed by atoms with E-state index in [2.05, 4.69) is 61.6 Å². The Morgan fingerprint density at radius 3 is 2.55 bits per heavy atom. The van der Waals surface area contributed by atoms with Gasteiger partial charge in [0.25, 0.3) is 0 Å². The van der Waals surface area contributed by atoms with Crippen LogP contribution in [0.2, 0.25) is 0 Å². The zero-order chi connectivity index (χ0) is 16.7. The first-order valence-electron chi connectivity index (χ1n) is 7.95. The zero-order valence-corrected chi connectivity index (χ0v) is 15.8. The van der Waals surface area contributed by atoms with Crippen molar-refractivity contribution in [2.45, 2.75) is 52.3 Å². The minimum atomic E-state index is 0.309. The zero-order valence-electron chi connectivity index (χ0n) is 15.0. The van der Waals surface area contributed by atoms with Crippen LogP contribution in [0.1, 0.15) is 37.7 Å². The second kappa shape index (κ2) is 9.08. The van der Waals surface area contributed by atoms with Crippen LogP contribution in [0.3, 0.4) is 0 Å². The highest BCUT2D eigenvalue weighted by Crippen LogP contribution is 2.14. The third-order valence-electron chi connectivity index (χ3n) is 3.81. The normalized spacial score (nSPS) is 14.8. The first-order valence-corrected chi connectivity index (χ1v) is 9.24. The Morgan fingerprint density at radius 2 is 2.05 bits per heavy atom. The molecule has 6 heteroatoms. The van der Waals surface area contributed by atoms with Crippen molar-refractivity contribution >= 4 is 17.7 Å². The van der Waals surface area contributed by atoms with Crippen LogP contribution in [0.15, 0.2) is 4.99 Å². The van der Waals surface area contributed by atoms with Gasteiger partial charge in [-0.1, -0.05) is 6.92 Å². The molecule has 0 amide bonds. The van der Waals surface area contributed by atoms with Crippen molar-refractivity contribution in [1.82, 2.24) is 20.4 Å². The predicted octanol–water partition coefficient (Wildman–Crippen LogP) is 2.27. The van der Waals surface area contributed by atoms with E-state index in [1.54, 1.807) is 0 Å². The van der Waals surface area contributed by atoms with Crippen LogP contribution in [-0.4, -0.2) is 46.4 Å². The van der Waals surface area contributed by atoms with Crippen molar-refractivity contribution in [2.24, 2.45) is 12.0 Å². The van der Waals surface area contributed by atoms with E-state index in [9.17, 15) is 0 Å². The summed E-state index contributed by atoms with van der Waals surface area (Å²) in [4.78, 5) is 4.67. The minimum absolute atomic E-state index is 0.309. The molecule has 2 N–H and O–H groups in total. The second-order valence-corrected chi connectivity index (χ2v) is 7.06. The summed E-state index contributed by atoms with van der Waals surface area (Å²) in [5.74, 6) is 0.898. The van der Waals surface area contributed by atoms with Gasteiger partial charge in [-0.05, 0) is 45.9 Å². The number of hydrogen-bond donors (Lipinski definition) is 2. The Bertz CT molecular complexity index is 495. The first-order chi connectivity index (χ1) is 10.4. The standard InChI is InChI=1S/C16H31N5S/c1-8-17-16(18-10-12(3)22-7)19-11(2)9-15-13(4)20-21(6)14(15)5/h11-12H,8-10H2,1-7H3,(H2,17,18,19). The van der Waals surface area contributed by atoms with Crippen molar-refractivity contribution in [3.05, 3.63) is 17.0 Å². The monoisotopic (exact) mass is 325 g/mol. The lowest BCUT2D eigenvalue weighted by molar-refractivity contribution is 0.635. The fraction of sp³-hybridized carbons (Fsp3) is 0.750. The molecule has 1 rings (SSSR count). The third kappa shape index (κ3) is 5.55. The van der Waals surface area contributed by atoms with Gasteiger partial charge in [0.15, 0.2) is 5.96 Å². The molecule has 0 aliphatic rings. The van der Waals surface area contributed by atoms with E-state index in [0.29, 0.717) is 11.3 Å². The minimum Gasteiger partial charge on any atom is -0.357 e. The molecule has 0 aromatic carbocycles. The fourth-order valence-electron chi connectivity index (χ4n) is 2.32. The predicted molar refractivity (Wildman–Crippen MR) is 97.9 cm³/mol. The van der Waals surface area contributed by atoms with E-state index in [4.69, 9.17) is 0 Å². The Labute approximate surface area is 139 Å². The van der Waals surface area contributed by atoms with Gasteiger partial charge in [-0.15, -0.1) is 0 Å². The molecule has 0 bridgehead atoms. The molecule has 22 heavy (non-hydrogen) atoms. The van der Waals surface area contributed by atoms with Gasteiger partial charge in [0.2, 0.25) is 0 Å². The van der Waals surface area contributed by atoms with E-state index in [1.807, 2.05) is 23.5 Å². The summed E-state index contributed by atoms with van der Waals surface area (Å²) in [7, 11) is 2.00. The fourth-order valence-corrected chi connectivity index (χ4v) is 2.54. The number of aryl methyl sites for hydroxylation is 2. The lowest BCUT2D eigenvalue weighted by Gasteiger charge is -2.18. The van der Waals surface area contributed by atoms with Gasteiger partial charge in [0, 0.05) is 30.6 Å². The summed E-state index contributed by atoms with van der Waals surface area (Å²) >= 11 is 1.84. The number of aromatic nitrogens is 2. The van der Waals surface area contributed by atoms with Gasteiger partial charge in [-0.3, -0.25) is 9.67 Å². The number of nitrogens with one attached hydrogen (secondary N) is 2. The average molecular weight is 326 g/mol. The molecule has 0 radical (unpaired) electrons. The molecule has 0 saturated heterocycles. The lowest BCUT2D eigenvalue weighted by atomic mass is 10.1. The molecule has 1 aromatic rings. The van der Waals surface area contributed by atoms with Crippen LogP contribution < -0.4 is 10.6 Å². The maximum Gasteiger partial charge on any atom is 0.191 e. The SMILES string of the molecule is CCNC(=NCC(C)SC)NC(C)Cc1c(C)nn(C)c1C. The smallest absolute Gasteiger partial charge is 0.191 e. The van der Waals surface area contributed by atoms with Crippen LogP contribution in [0, 0.1) is 13.8 Å². The topological polar surface area (TPSA) is 54.2 Å². The highest BCUT2D eigenvalue weighted by molar-refractivity contribution is 7.99. The highest BCUT2D eigenvalue weighted by atomic mass is 32.2. The molecule has 2 atom stereocenters. The summed E-state index contributed by atoms with van der Waals surface area (Å²) in [5.41, 5.74) is 3.69. The molecule has 0 saturated carbocycles. The quantitative estimate of drug-likeness (QED) is 0.596. The molecule has 0 spiro atoms. The molecule has 1 heterocycles. The Hall–Kier alpha value is -1.17. The number of nitrogens with zero attached hydrogens (tertiary/aromatic N) is 3. The van der Waals surface area contributed by atoms with Gasteiger partial charge < -0.3 is 10.6 Å². The van der Waals surface area contributed by atoms with E-state index in [-0.39, 0.29) is 0 Å². The highest BCUT2D eigenvalue weighted by Gasteiger charge is 2.14.